The largest absolute Gasteiger partial charge is 0.433 e. The Morgan fingerprint density at radius 1 is 0.548 bits per heavy atom. The van der Waals surface area contributed by atoms with Crippen molar-refractivity contribution < 1.29 is 55.0 Å². The van der Waals surface area contributed by atoms with Crippen LogP contribution >= 0.6 is 0 Å². The van der Waals surface area contributed by atoms with Gasteiger partial charge in [0, 0.05) is 11.1 Å². The second kappa shape index (κ2) is 6.15. The van der Waals surface area contributed by atoms with E-state index in [4.69, 9.17) is 0 Å². The highest BCUT2D eigenvalue weighted by Crippen LogP contribution is 2.57. The highest BCUT2D eigenvalue weighted by molar-refractivity contribution is 6.15. The van der Waals surface area contributed by atoms with Crippen LogP contribution in [-0.4, -0.2) is 30.1 Å². The van der Waals surface area contributed by atoms with Crippen molar-refractivity contribution in [2.24, 2.45) is 0 Å². The van der Waals surface area contributed by atoms with E-state index in [0.29, 0.717) is 18.2 Å². The second-order valence-electron chi connectivity index (χ2n) is 6.61. The lowest BCUT2D eigenvalue weighted by Crippen LogP contribution is -2.51. The van der Waals surface area contributed by atoms with Crippen LogP contribution in [0.1, 0.15) is 52.6 Å². The fraction of sp³-hybridized carbons (Fsp3) is 0.158. The van der Waals surface area contributed by atoms with Gasteiger partial charge < -0.3 is 9.47 Å². The van der Waals surface area contributed by atoms with Crippen molar-refractivity contribution in [3.05, 3.63) is 69.8 Å². The molecule has 1 unspecified atom stereocenters. The Morgan fingerprint density at radius 2 is 0.935 bits per heavy atom. The molecule has 2 heterocycles. The van der Waals surface area contributed by atoms with Crippen LogP contribution in [0.5, 0.6) is 0 Å². The predicted octanol–water partition coefficient (Wildman–Crippen LogP) is 3.83. The van der Waals surface area contributed by atoms with Gasteiger partial charge in [0.15, 0.2) is 0 Å². The predicted molar refractivity (Wildman–Crippen MR) is 85.1 cm³/mol. The number of rotatable bonds is 3. The molecule has 2 aromatic rings. The third-order valence-electron chi connectivity index (χ3n) is 4.87. The summed E-state index contributed by atoms with van der Waals surface area (Å²) in [6.07, 6.45) is -6.22. The van der Waals surface area contributed by atoms with Gasteiger partial charge in [-0.05, 0) is 24.3 Å². The first-order chi connectivity index (χ1) is 14.3. The molecule has 0 radical (unpaired) electrons. The minimum atomic E-state index is -6.22. The molecule has 0 bridgehead atoms. The van der Waals surface area contributed by atoms with Gasteiger partial charge in [0.25, 0.3) is 5.67 Å². The van der Waals surface area contributed by atoms with Crippen molar-refractivity contribution in [3.63, 3.8) is 0 Å². The van der Waals surface area contributed by atoms with Crippen molar-refractivity contribution in [1.29, 1.82) is 0 Å². The molecule has 0 aromatic heterocycles. The summed E-state index contributed by atoms with van der Waals surface area (Å²) in [6, 6.07) is 2.20. The Kier molecular flexibility index (Phi) is 4.08. The highest BCUT2D eigenvalue weighted by atomic mass is 19.4. The standard InChI is InChI=1S/C19H6F6O6/c20-17(19(23,24)25,7-1-3-9-11(5-7)15(28)30-13(9)26)18(21,22)8-2-4-10-12(6-8)16(29)31-14(10)27/h1-6H. The summed E-state index contributed by atoms with van der Waals surface area (Å²) in [6.45, 7) is 0. The first-order valence-corrected chi connectivity index (χ1v) is 8.24. The number of hydrogen-bond donors (Lipinski definition) is 0. The SMILES string of the molecule is O=C1OC(=O)c2cc(C(F)(F)C(F)(c3ccc4c(c3)C(=O)OC4=O)C(F)(F)F)ccc21. The summed E-state index contributed by atoms with van der Waals surface area (Å²) in [5.74, 6) is -10.6. The maximum Gasteiger partial charge on any atom is 0.433 e. The van der Waals surface area contributed by atoms with Gasteiger partial charge in [0.05, 0.1) is 22.3 Å². The summed E-state index contributed by atoms with van der Waals surface area (Å²) in [4.78, 5) is 46.0. The summed E-state index contributed by atoms with van der Waals surface area (Å²) < 4.78 is 95.1. The Labute approximate surface area is 167 Å². The smallest absolute Gasteiger partial charge is 0.386 e. The Morgan fingerprint density at radius 3 is 1.39 bits per heavy atom. The van der Waals surface area contributed by atoms with E-state index in [0.717, 1.165) is 0 Å². The van der Waals surface area contributed by atoms with E-state index in [-0.39, 0.29) is 18.2 Å². The quantitative estimate of drug-likeness (QED) is 0.407. The molecule has 31 heavy (non-hydrogen) atoms. The molecule has 0 aliphatic carbocycles. The van der Waals surface area contributed by atoms with E-state index in [1.54, 1.807) is 0 Å². The highest BCUT2D eigenvalue weighted by Gasteiger charge is 2.73. The van der Waals surface area contributed by atoms with Gasteiger partial charge in [-0.2, -0.15) is 22.0 Å². The van der Waals surface area contributed by atoms with Crippen LogP contribution in [0.4, 0.5) is 26.3 Å². The van der Waals surface area contributed by atoms with Gasteiger partial charge in [-0.25, -0.2) is 23.6 Å². The molecule has 0 amide bonds. The van der Waals surface area contributed by atoms with Gasteiger partial charge in [-0.1, -0.05) is 12.1 Å². The van der Waals surface area contributed by atoms with Gasteiger partial charge in [-0.3, -0.25) is 0 Å². The van der Waals surface area contributed by atoms with E-state index in [2.05, 4.69) is 9.47 Å². The first kappa shape index (κ1) is 20.6. The zero-order valence-corrected chi connectivity index (χ0v) is 14.7. The van der Waals surface area contributed by atoms with Crippen molar-refractivity contribution >= 4 is 23.9 Å². The Hall–Kier alpha value is -3.70. The van der Waals surface area contributed by atoms with E-state index < -0.39 is 75.0 Å². The molecule has 1 atom stereocenters. The van der Waals surface area contributed by atoms with Gasteiger partial charge >= 0.3 is 36.0 Å². The van der Waals surface area contributed by atoms with Crippen molar-refractivity contribution in [2.45, 2.75) is 17.8 Å². The number of alkyl halides is 6. The minimum Gasteiger partial charge on any atom is -0.386 e. The summed E-state index contributed by atoms with van der Waals surface area (Å²) in [7, 11) is 0. The van der Waals surface area contributed by atoms with E-state index in [1.807, 2.05) is 0 Å². The number of carbonyl (C=O) groups excluding carboxylic acids is 4. The molecular formula is C19H6F6O6. The van der Waals surface area contributed by atoms with Crippen LogP contribution in [0.2, 0.25) is 0 Å². The third kappa shape index (κ3) is 2.67. The number of ether oxygens (including phenoxy) is 2. The molecule has 0 fully saturated rings. The zero-order chi connectivity index (χ0) is 22.9. The number of carbonyl (C=O) groups is 4. The Bertz CT molecular complexity index is 1200. The average molecular weight is 444 g/mol. The van der Waals surface area contributed by atoms with Gasteiger partial charge in [0.1, 0.15) is 0 Å². The lowest BCUT2D eigenvalue weighted by Gasteiger charge is -2.35. The summed E-state index contributed by atoms with van der Waals surface area (Å²) in [5, 5.41) is 0. The number of cyclic esters (lactones) is 4. The molecule has 0 saturated carbocycles. The number of hydrogen-bond acceptors (Lipinski definition) is 6. The Balaban J connectivity index is 1.91. The normalized spacial score (nSPS) is 17.7. The fourth-order valence-electron chi connectivity index (χ4n) is 3.30. The monoisotopic (exact) mass is 444 g/mol. The summed E-state index contributed by atoms with van der Waals surface area (Å²) >= 11 is 0. The van der Waals surface area contributed by atoms with E-state index in [1.165, 1.54) is 0 Å². The number of fused-ring (bicyclic) bond motifs is 2. The van der Waals surface area contributed by atoms with Crippen LogP contribution < -0.4 is 0 Å². The maximum absolute atomic E-state index is 15.4. The zero-order valence-electron chi connectivity index (χ0n) is 14.7. The number of benzene rings is 2. The molecular weight excluding hydrogens is 438 g/mol. The average Bonchev–Trinajstić information content (AvgIpc) is 3.14. The molecule has 4 rings (SSSR count). The van der Waals surface area contributed by atoms with Crippen molar-refractivity contribution in [1.82, 2.24) is 0 Å². The molecule has 0 saturated heterocycles. The summed E-state index contributed by atoms with van der Waals surface area (Å²) in [5.41, 5.74) is -11.2. The second-order valence-corrected chi connectivity index (χ2v) is 6.61. The lowest BCUT2D eigenvalue weighted by atomic mass is 9.82. The molecule has 0 N–H and O–H groups in total. The van der Waals surface area contributed by atoms with Crippen molar-refractivity contribution in [2.75, 3.05) is 0 Å². The molecule has 0 spiro atoms. The number of halogens is 6. The lowest BCUT2D eigenvalue weighted by molar-refractivity contribution is -0.314. The first-order valence-electron chi connectivity index (χ1n) is 8.24. The minimum absolute atomic E-state index is 0.162. The maximum atomic E-state index is 15.4. The molecule has 2 aliphatic rings. The third-order valence-corrected chi connectivity index (χ3v) is 4.87. The van der Waals surface area contributed by atoms with Crippen LogP contribution in [0.15, 0.2) is 36.4 Å². The van der Waals surface area contributed by atoms with E-state index in [9.17, 15) is 32.3 Å². The van der Waals surface area contributed by atoms with Crippen molar-refractivity contribution in [3.8, 4) is 0 Å². The van der Waals surface area contributed by atoms with E-state index >= 15 is 13.2 Å². The number of esters is 4. The molecule has 2 aliphatic heterocycles. The van der Waals surface area contributed by atoms with Crippen LogP contribution in [0.3, 0.4) is 0 Å². The van der Waals surface area contributed by atoms with Crippen LogP contribution in [0.25, 0.3) is 0 Å². The van der Waals surface area contributed by atoms with Crippen LogP contribution in [-0.2, 0) is 21.1 Å². The molecule has 160 valence electrons. The van der Waals surface area contributed by atoms with Gasteiger partial charge in [0.2, 0.25) is 0 Å². The fourth-order valence-corrected chi connectivity index (χ4v) is 3.30. The molecule has 6 nitrogen and oxygen atoms in total. The molecule has 12 heteroatoms. The van der Waals surface area contributed by atoms with Crippen LogP contribution in [0, 0.1) is 0 Å². The molecule has 2 aromatic carbocycles. The van der Waals surface area contributed by atoms with Gasteiger partial charge in [-0.15, -0.1) is 0 Å². The topological polar surface area (TPSA) is 86.7 Å².